The zero-order valence-electron chi connectivity index (χ0n) is 8.63. The molecule has 0 saturated carbocycles. The first-order valence-corrected chi connectivity index (χ1v) is 6.47. The van der Waals surface area contributed by atoms with Gasteiger partial charge in [-0.1, -0.05) is 15.9 Å². The lowest BCUT2D eigenvalue weighted by Gasteiger charge is -2.13. The summed E-state index contributed by atoms with van der Waals surface area (Å²) in [5.74, 6) is -0.919. The molecule has 1 unspecified atom stereocenters. The molecular formula is C11H9BrN2O2S. The Morgan fingerprint density at radius 1 is 1.41 bits per heavy atom. The number of aliphatic carboxylic acids is 1. The molecule has 1 heterocycles. The fraction of sp³-hybridized carbons (Fsp3) is 0.0909. The van der Waals surface area contributed by atoms with Crippen LogP contribution in [0.15, 0.2) is 40.4 Å². The van der Waals surface area contributed by atoms with Gasteiger partial charge in [0.1, 0.15) is 0 Å². The fourth-order valence-corrected chi connectivity index (χ4v) is 2.26. The van der Waals surface area contributed by atoms with Gasteiger partial charge in [0.05, 0.1) is 10.4 Å². The molecule has 1 aromatic carbocycles. The van der Waals surface area contributed by atoms with Gasteiger partial charge in [0, 0.05) is 16.4 Å². The minimum Gasteiger partial charge on any atom is -0.479 e. The maximum absolute atomic E-state index is 11.2. The number of thiazole rings is 1. The van der Waals surface area contributed by atoms with Crippen LogP contribution in [0.2, 0.25) is 0 Å². The second kappa shape index (κ2) is 5.29. The van der Waals surface area contributed by atoms with Gasteiger partial charge in [-0.25, -0.2) is 4.79 Å². The Hall–Kier alpha value is -1.40. The van der Waals surface area contributed by atoms with E-state index >= 15 is 0 Å². The van der Waals surface area contributed by atoms with E-state index < -0.39 is 12.0 Å². The summed E-state index contributed by atoms with van der Waals surface area (Å²) < 4.78 is 0.952. The lowest BCUT2D eigenvalue weighted by Crippen LogP contribution is -2.19. The second-order valence-electron chi connectivity index (χ2n) is 3.33. The number of carbonyl (C=O) groups is 1. The predicted molar refractivity (Wildman–Crippen MR) is 70.3 cm³/mol. The highest BCUT2D eigenvalue weighted by Crippen LogP contribution is 2.23. The summed E-state index contributed by atoms with van der Waals surface area (Å²) in [7, 11) is 0. The van der Waals surface area contributed by atoms with Gasteiger partial charge in [0.15, 0.2) is 6.04 Å². The van der Waals surface area contributed by atoms with Crippen LogP contribution in [0, 0.1) is 0 Å². The van der Waals surface area contributed by atoms with Gasteiger partial charge in [-0.05, 0) is 24.3 Å². The van der Waals surface area contributed by atoms with Gasteiger partial charge in [0.2, 0.25) is 0 Å². The quantitative estimate of drug-likeness (QED) is 0.910. The van der Waals surface area contributed by atoms with Crippen molar-refractivity contribution >= 4 is 38.9 Å². The smallest absolute Gasteiger partial charge is 0.331 e. The van der Waals surface area contributed by atoms with Gasteiger partial charge in [0.25, 0.3) is 0 Å². The van der Waals surface area contributed by atoms with Gasteiger partial charge in [-0.2, -0.15) is 0 Å². The van der Waals surface area contributed by atoms with Crippen molar-refractivity contribution in [2.75, 3.05) is 5.32 Å². The minimum absolute atomic E-state index is 0.681. The summed E-state index contributed by atoms with van der Waals surface area (Å²) in [6.07, 6.45) is 1.56. The van der Waals surface area contributed by atoms with Crippen LogP contribution in [-0.4, -0.2) is 16.1 Å². The van der Waals surface area contributed by atoms with Crippen LogP contribution in [0.3, 0.4) is 0 Å². The van der Waals surface area contributed by atoms with E-state index in [9.17, 15) is 4.79 Å². The van der Waals surface area contributed by atoms with Gasteiger partial charge in [-0.15, -0.1) is 11.3 Å². The largest absolute Gasteiger partial charge is 0.479 e. The number of nitrogens with zero attached hydrogens (tertiary/aromatic N) is 1. The third-order valence-electron chi connectivity index (χ3n) is 2.14. The van der Waals surface area contributed by atoms with Gasteiger partial charge >= 0.3 is 5.97 Å². The average molecular weight is 313 g/mol. The van der Waals surface area contributed by atoms with Crippen LogP contribution in [0.4, 0.5) is 5.69 Å². The number of hydrogen-bond acceptors (Lipinski definition) is 4. The molecule has 0 bridgehead atoms. The Morgan fingerprint density at radius 2 is 2.12 bits per heavy atom. The first kappa shape index (κ1) is 12.1. The van der Waals surface area contributed by atoms with Crippen molar-refractivity contribution in [3.8, 4) is 0 Å². The van der Waals surface area contributed by atoms with E-state index in [-0.39, 0.29) is 0 Å². The molecule has 2 rings (SSSR count). The summed E-state index contributed by atoms with van der Waals surface area (Å²) in [6.45, 7) is 0. The topological polar surface area (TPSA) is 62.2 Å². The van der Waals surface area contributed by atoms with Crippen molar-refractivity contribution in [1.29, 1.82) is 0 Å². The standard InChI is InChI=1S/C11H9BrN2O2S/c12-7-1-3-8(4-2-7)14-10(11(15)16)9-5-13-6-17-9/h1-6,10,14H,(H,15,16). The zero-order valence-corrected chi connectivity index (χ0v) is 11.0. The molecule has 0 radical (unpaired) electrons. The van der Waals surface area contributed by atoms with Crippen LogP contribution in [0.1, 0.15) is 10.9 Å². The second-order valence-corrected chi connectivity index (χ2v) is 5.16. The molecule has 17 heavy (non-hydrogen) atoms. The van der Waals surface area contributed by atoms with Crippen molar-refractivity contribution in [3.63, 3.8) is 0 Å². The molecule has 0 aliphatic heterocycles. The first-order valence-electron chi connectivity index (χ1n) is 4.80. The predicted octanol–water partition coefficient (Wildman–Crippen LogP) is 3.14. The van der Waals surface area contributed by atoms with E-state index in [1.165, 1.54) is 11.3 Å². The van der Waals surface area contributed by atoms with Crippen LogP contribution < -0.4 is 5.32 Å². The molecule has 0 aliphatic carbocycles. The van der Waals surface area contributed by atoms with Crippen molar-refractivity contribution in [3.05, 3.63) is 45.3 Å². The highest BCUT2D eigenvalue weighted by Gasteiger charge is 2.20. The van der Waals surface area contributed by atoms with E-state index in [4.69, 9.17) is 5.11 Å². The van der Waals surface area contributed by atoms with Crippen molar-refractivity contribution in [1.82, 2.24) is 4.98 Å². The lowest BCUT2D eigenvalue weighted by atomic mass is 10.2. The molecular weight excluding hydrogens is 304 g/mol. The molecule has 2 aromatic rings. The van der Waals surface area contributed by atoms with E-state index in [1.807, 2.05) is 24.3 Å². The molecule has 2 N–H and O–H groups in total. The van der Waals surface area contributed by atoms with E-state index in [0.29, 0.717) is 4.88 Å². The molecule has 4 nitrogen and oxygen atoms in total. The Kier molecular flexibility index (Phi) is 3.75. The third kappa shape index (κ3) is 3.04. The first-order chi connectivity index (χ1) is 8.16. The molecule has 88 valence electrons. The number of anilines is 1. The van der Waals surface area contributed by atoms with Gasteiger partial charge < -0.3 is 10.4 Å². The lowest BCUT2D eigenvalue weighted by molar-refractivity contribution is -0.138. The SMILES string of the molecule is O=C(O)C(Nc1ccc(Br)cc1)c1cncs1. The highest BCUT2D eigenvalue weighted by atomic mass is 79.9. The maximum Gasteiger partial charge on any atom is 0.331 e. The van der Waals surface area contributed by atoms with Crippen LogP contribution >= 0.6 is 27.3 Å². The molecule has 0 spiro atoms. The molecule has 0 aliphatic rings. The fourth-order valence-electron chi connectivity index (χ4n) is 1.34. The number of hydrogen-bond donors (Lipinski definition) is 2. The average Bonchev–Trinajstić information content (AvgIpc) is 2.81. The van der Waals surface area contributed by atoms with Crippen molar-refractivity contribution in [2.24, 2.45) is 0 Å². The Bertz CT molecular complexity index is 499. The molecule has 1 atom stereocenters. The molecule has 6 heteroatoms. The van der Waals surface area contributed by atoms with Gasteiger partial charge in [-0.3, -0.25) is 4.98 Å². The Morgan fingerprint density at radius 3 is 2.65 bits per heavy atom. The minimum atomic E-state index is -0.919. The normalized spacial score (nSPS) is 12.1. The number of carboxylic acids is 1. The maximum atomic E-state index is 11.2. The number of benzene rings is 1. The van der Waals surface area contributed by atoms with E-state index in [1.54, 1.807) is 11.7 Å². The molecule has 0 fully saturated rings. The summed E-state index contributed by atoms with van der Waals surface area (Å²) in [6, 6.07) is 6.59. The number of halogens is 1. The number of aromatic nitrogens is 1. The summed E-state index contributed by atoms with van der Waals surface area (Å²) in [5.41, 5.74) is 2.38. The molecule has 0 amide bonds. The zero-order chi connectivity index (χ0) is 12.3. The molecule has 1 aromatic heterocycles. The summed E-state index contributed by atoms with van der Waals surface area (Å²) >= 11 is 4.65. The third-order valence-corrected chi connectivity index (χ3v) is 3.51. The van der Waals surface area contributed by atoms with Crippen molar-refractivity contribution in [2.45, 2.75) is 6.04 Å². The van der Waals surface area contributed by atoms with E-state index in [2.05, 4.69) is 26.2 Å². The summed E-state index contributed by atoms with van der Waals surface area (Å²) in [5, 5.41) is 12.1. The monoisotopic (exact) mass is 312 g/mol. The van der Waals surface area contributed by atoms with Crippen LogP contribution in [-0.2, 0) is 4.79 Å². The van der Waals surface area contributed by atoms with Crippen LogP contribution in [0.25, 0.3) is 0 Å². The Labute approximate surface area is 110 Å². The van der Waals surface area contributed by atoms with E-state index in [0.717, 1.165) is 10.2 Å². The Balaban J connectivity index is 2.19. The van der Waals surface area contributed by atoms with Crippen molar-refractivity contribution < 1.29 is 9.90 Å². The van der Waals surface area contributed by atoms with Crippen LogP contribution in [0.5, 0.6) is 0 Å². The molecule has 0 saturated heterocycles. The summed E-state index contributed by atoms with van der Waals surface area (Å²) in [4.78, 5) is 15.7. The number of nitrogens with one attached hydrogen (secondary N) is 1. The number of rotatable bonds is 4. The number of carboxylic acid groups (broad SMARTS) is 1. The highest BCUT2D eigenvalue weighted by molar-refractivity contribution is 9.10.